The second-order valence-electron chi connectivity index (χ2n) is 5.26. The van der Waals surface area contributed by atoms with Crippen LogP contribution in [0.4, 0.5) is 5.95 Å². The Labute approximate surface area is 132 Å². The van der Waals surface area contributed by atoms with Gasteiger partial charge < -0.3 is 15.0 Å². The Hall–Kier alpha value is -2.58. The molecule has 0 atom stereocenters. The number of imidazole rings is 1. The molecular weight excluding hydrogens is 302 g/mol. The lowest BCUT2D eigenvalue weighted by atomic mass is 10.2. The first-order valence-electron chi connectivity index (χ1n) is 7.45. The van der Waals surface area contributed by atoms with Gasteiger partial charge in [0.25, 0.3) is 5.56 Å². The van der Waals surface area contributed by atoms with E-state index in [0.29, 0.717) is 37.9 Å². The average molecular weight is 323 g/mol. The summed E-state index contributed by atoms with van der Waals surface area (Å²) in [5.74, 6) is -0.0660. The average Bonchev–Trinajstić information content (AvgIpc) is 2.84. The van der Waals surface area contributed by atoms with E-state index >= 15 is 0 Å². The lowest BCUT2D eigenvalue weighted by Gasteiger charge is -2.07. The van der Waals surface area contributed by atoms with Crippen LogP contribution < -0.4 is 17.0 Å². The van der Waals surface area contributed by atoms with Crippen LogP contribution in [0.25, 0.3) is 11.2 Å². The predicted molar refractivity (Wildman–Crippen MR) is 85.1 cm³/mol. The van der Waals surface area contributed by atoms with Gasteiger partial charge >= 0.3 is 11.7 Å². The van der Waals surface area contributed by atoms with E-state index in [-0.39, 0.29) is 17.6 Å². The lowest BCUT2D eigenvalue weighted by Crippen LogP contribution is -2.37. The zero-order chi connectivity index (χ0) is 17.1. The molecular formula is C14H21N5O4. The minimum Gasteiger partial charge on any atom is -0.466 e. The number of carbonyl (C=O) groups excluding carboxylic acids is 1. The molecule has 0 saturated carbocycles. The molecule has 2 N–H and O–H groups in total. The summed E-state index contributed by atoms with van der Waals surface area (Å²) in [6, 6.07) is 0. The number of carbonyl (C=O) groups is 1. The minimum absolute atomic E-state index is 0.175. The van der Waals surface area contributed by atoms with E-state index in [0.717, 1.165) is 4.57 Å². The maximum absolute atomic E-state index is 12.3. The predicted octanol–water partition coefficient (Wildman–Crippen LogP) is -0.251. The fourth-order valence-electron chi connectivity index (χ4n) is 2.46. The quantitative estimate of drug-likeness (QED) is 0.579. The van der Waals surface area contributed by atoms with Crippen LogP contribution in [0.3, 0.4) is 0 Å². The molecule has 23 heavy (non-hydrogen) atoms. The van der Waals surface area contributed by atoms with Crippen molar-refractivity contribution in [1.82, 2.24) is 18.7 Å². The van der Waals surface area contributed by atoms with E-state index in [1.54, 1.807) is 18.5 Å². The summed E-state index contributed by atoms with van der Waals surface area (Å²) in [5, 5.41) is 0. The number of unbranched alkanes of at least 4 members (excludes halogenated alkanes) is 1. The highest BCUT2D eigenvalue weighted by Gasteiger charge is 2.17. The number of ether oxygens (including phenoxy) is 1. The van der Waals surface area contributed by atoms with Gasteiger partial charge in [-0.25, -0.2) is 4.79 Å². The summed E-state index contributed by atoms with van der Waals surface area (Å²) >= 11 is 0. The third-order valence-corrected chi connectivity index (χ3v) is 3.70. The Morgan fingerprint density at radius 1 is 1.22 bits per heavy atom. The van der Waals surface area contributed by atoms with Gasteiger partial charge in [-0.05, 0) is 19.8 Å². The molecule has 0 unspecified atom stereocenters. The standard InChI is InChI=1S/C14H21N5O4/c1-4-23-9(20)7-5-6-8-19-10-11(16-13(19)15)17(2)14(22)18(3)12(10)21/h4-8H2,1-3H3,(H2,15,16). The van der Waals surface area contributed by atoms with Crippen LogP contribution in [0.1, 0.15) is 26.2 Å². The molecule has 2 heterocycles. The number of aryl methyl sites for hydroxylation is 2. The van der Waals surface area contributed by atoms with Crippen molar-refractivity contribution >= 4 is 23.1 Å². The van der Waals surface area contributed by atoms with Crippen LogP contribution in [0.2, 0.25) is 0 Å². The Kier molecular flexibility index (Phi) is 4.87. The normalized spacial score (nSPS) is 11.1. The number of hydrogen-bond donors (Lipinski definition) is 1. The van der Waals surface area contributed by atoms with Gasteiger partial charge in [-0.2, -0.15) is 4.98 Å². The number of esters is 1. The van der Waals surface area contributed by atoms with Gasteiger partial charge in [0.2, 0.25) is 5.95 Å². The summed E-state index contributed by atoms with van der Waals surface area (Å²) in [4.78, 5) is 39.7. The van der Waals surface area contributed by atoms with Gasteiger partial charge in [0.1, 0.15) is 0 Å². The second kappa shape index (κ2) is 6.67. The van der Waals surface area contributed by atoms with Gasteiger partial charge in [-0.3, -0.25) is 18.7 Å². The van der Waals surface area contributed by atoms with Crippen molar-refractivity contribution in [3.8, 4) is 0 Å². The van der Waals surface area contributed by atoms with Crippen LogP contribution in [-0.2, 0) is 30.2 Å². The van der Waals surface area contributed by atoms with Crippen molar-refractivity contribution < 1.29 is 9.53 Å². The van der Waals surface area contributed by atoms with Crippen molar-refractivity contribution in [2.75, 3.05) is 12.3 Å². The zero-order valence-electron chi connectivity index (χ0n) is 13.5. The molecule has 2 aromatic heterocycles. The molecule has 2 rings (SSSR count). The number of hydrogen-bond acceptors (Lipinski definition) is 6. The molecule has 0 aliphatic heterocycles. The van der Waals surface area contributed by atoms with E-state index in [2.05, 4.69) is 4.98 Å². The minimum atomic E-state index is -0.450. The third-order valence-electron chi connectivity index (χ3n) is 3.70. The van der Waals surface area contributed by atoms with Crippen molar-refractivity contribution in [3.05, 3.63) is 20.8 Å². The van der Waals surface area contributed by atoms with Crippen LogP contribution in [-0.4, -0.2) is 31.3 Å². The van der Waals surface area contributed by atoms with Crippen LogP contribution in [0.5, 0.6) is 0 Å². The number of aromatic nitrogens is 4. The molecule has 0 spiro atoms. The zero-order valence-corrected chi connectivity index (χ0v) is 13.5. The Balaban J connectivity index is 2.25. The van der Waals surface area contributed by atoms with Gasteiger partial charge in [-0.15, -0.1) is 0 Å². The molecule has 0 fully saturated rings. The number of nitrogens with two attached hydrogens (primary N) is 1. The molecule has 126 valence electrons. The Morgan fingerprint density at radius 2 is 1.91 bits per heavy atom. The first kappa shape index (κ1) is 16.8. The van der Waals surface area contributed by atoms with Crippen LogP contribution in [0.15, 0.2) is 9.59 Å². The Bertz CT molecular complexity index is 845. The third kappa shape index (κ3) is 3.13. The van der Waals surface area contributed by atoms with E-state index in [1.165, 1.54) is 11.6 Å². The summed E-state index contributed by atoms with van der Waals surface area (Å²) in [5.41, 5.74) is 5.55. The largest absolute Gasteiger partial charge is 0.466 e. The second-order valence-corrected chi connectivity index (χ2v) is 5.26. The van der Waals surface area contributed by atoms with E-state index < -0.39 is 11.2 Å². The first-order valence-corrected chi connectivity index (χ1v) is 7.45. The monoisotopic (exact) mass is 323 g/mol. The number of fused-ring (bicyclic) bond motifs is 1. The Morgan fingerprint density at radius 3 is 2.57 bits per heavy atom. The topological polar surface area (TPSA) is 114 Å². The molecule has 9 nitrogen and oxygen atoms in total. The summed E-state index contributed by atoms with van der Waals surface area (Å²) in [6.07, 6.45) is 1.57. The first-order chi connectivity index (χ1) is 10.9. The molecule has 0 saturated heterocycles. The number of anilines is 1. The van der Waals surface area contributed by atoms with E-state index in [4.69, 9.17) is 10.5 Å². The van der Waals surface area contributed by atoms with Crippen molar-refractivity contribution in [2.24, 2.45) is 14.1 Å². The van der Waals surface area contributed by atoms with Crippen molar-refractivity contribution in [1.29, 1.82) is 0 Å². The van der Waals surface area contributed by atoms with Crippen molar-refractivity contribution in [2.45, 2.75) is 32.7 Å². The van der Waals surface area contributed by atoms with Gasteiger partial charge in [0.15, 0.2) is 11.2 Å². The molecule has 2 aromatic rings. The molecule has 0 bridgehead atoms. The maximum atomic E-state index is 12.3. The summed E-state index contributed by atoms with van der Waals surface area (Å²) in [6.45, 7) is 2.56. The van der Waals surface area contributed by atoms with Gasteiger partial charge in [0.05, 0.1) is 6.61 Å². The fourth-order valence-corrected chi connectivity index (χ4v) is 2.46. The SMILES string of the molecule is CCOC(=O)CCCCn1c(N)nc2c1c(=O)n(C)c(=O)n2C. The van der Waals surface area contributed by atoms with Gasteiger partial charge in [-0.1, -0.05) is 0 Å². The molecule has 9 heteroatoms. The molecule has 0 radical (unpaired) electrons. The van der Waals surface area contributed by atoms with Crippen molar-refractivity contribution in [3.63, 3.8) is 0 Å². The number of rotatable bonds is 6. The maximum Gasteiger partial charge on any atom is 0.332 e. The smallest absolute Gasteiger partial charge is 0.332 e. The summed E-state index contributed by atoms with van der Waals surface area (Å²) < 4.78 is 8.77. The summed E-state index contributed by atoms with van der Waals surface area (Å²) in [7, 11) is 2.96. The van der Waals surface area contributed by atoms with E-state index in [1.807, 2.05) is 0 Å². The highest BCUT2D eigenvalue weighted by atomic mass is 16.5. The molecule has 0 aliphatic carbocycles. The highest BCUT2D eigenvalue weighted by molar-refractivity contribution is 5.73. The molecule has 0 amide bonds. The lowest BCUT2D eigenvalue weighted by molar-refractivity contribution is -0.143. The molecule has 0 aromatic carbocycles. The number of nitrogens with zero attached hydrogens (tertiary/aromatic N) is 4. The van der Waals surface area contributed by atoms with E-state index in [9.17, 15) is 14.4 Å². The number of nitrogen functional groups attached to an aromatic ring is 1. The molecule has 0 aliphatic rings. The highest BCUT2D eigenvalue weighted by Crippen LogP contribution is 2.14. The fraction of sp³-hybridized carbons (Fsp3) is 0.571. The van der Waals surface area contributed by atoms with Crippen LogP contribution in [0, 0.1) is 0 Å². The van der Waals surface area contributed by atoms with Gasteiger partial charge in [0, 0.05) is 27.1 Å². The van der Waals surface area contributed by atoms with Crippen LogP contribution >= 0.6 is 0 Å².